The average Bonchev–Trinajstić information content (AvgIpc) is 3.38. The topological polar surface area (TPSA) is 125 Å². The van der Waals surface area contributed by atoms with E-state index in [1.807, 2.05) is 12.1 Å². The predicted octanol–water partition coefficient (Wildman–Crippen LogP) is 3.98. The van der Waals surface area contributed by atoms with Crippen LogP contribution >= 0.6 is 12.2 Å². The summed E-state index contributed by atoms with van der Waals surface area (Å²) in [5.41, 5.74) is 8.96. The predicted molar refractivity (Wildman–Crippen MR) is 147 cm³/mol. The van der Waals surface area contributed by atoms with Crippen molar-refractivity contribution in [3.05, 3.63) is 52.4 Å². The number of carbonyl (C=O) groups is 2. The molecule has 2 aromatic carbocycles. The minimum Gasteiger partial charge on any atom is -0.493 e. The minimum atomic E-state index is -0.0347. The molecule has 0 atom stereocenters. The summed E-state index contributed by atoms with van der Waals surface area (Å²) < 4.78 is 18.1. The van der Waals surface area contributed by atoms with Crippen LogP contribution in [0.1, 0.15) is 33.7 Å². The first-order valence-electron chi connectivity index (χ1n) is 12.3. The Balaban J connectivity index is 1.29. The van der Waals surface area contributed by atoms with Crippen molar-refractivity contribution in [2.24, 2.45) is 0 Å². The molecule has 1 amide bonds. The standard InChI is InChI=1S/C27H29N5O5S/c1-35-23-14-18-20(15-24(23)36-2)30-27(38)32(25(18)28)7-3-4-22(33)21-13-17-12-16(5-6-19(17)29-21)26(34)31-8-10-37-11-9-31/h5-6,12-15,29H,3-4,7-11,28H2,1-2H3. The van der Waals surface area contributed by atoms with Crippen molar-refractivity contribution < 1.29 is 23.8 Å². The van der Waals surface area contributed by atoms with Crippen LogP contribution in [0.15, 0.2) is 36.4 Å². The van der Waals surface area contributed by atoms with Crippen molar-refractivity contribution >= 4 is 51.5 Å². The number of anilines is 1. The number of morpholine rings is 1. The summed E-state index contributed by atoms with van der Waals surface area (Å²) in [6.45, 7) is 2.69. The molecule has 2 aromatic heterocycles. The molecular formula is C27H29N5O5S. The molecule has 38 heavy (non-hydrogen) atoms. The average molecular weight is 536 g/mol. The van der Waals surface area contributed by atoms with Gasteiger partial charge in [-0.25, -0.2) is 4.98 Å². The Morgan fingerprint density at radius 3 is 2.58 bits per heavy atom. The molecule has 1 fully saturated rings. The van der Waals surface area contributed by atoms with Crippen LogP contribution in [0.5, 0.6) is 11.5 Å². The number of aromatic amines is 1. The van der Waals surface area contributed by atoms with Crippen LogP contribution < -0.4 is 15.2 Å². The molecule has 11 heteroatoms. The lowest BCUT2D eigenvalue weighted by Gasteiger charge is -2.26. The zero-order valence-electron chi connectivity index (χ0n) is 21.3. The fourth-order valence-corrected chi connectivity index (χ4v) is 4.98. The lowest BCUT2D eigenvalue weighted by molar-refractivity contribution is 0.0303. The van der Waals surface area contributed by atoms with Crippen LogP contribution in [-0.4, -0.2) is 71.6 Å². The summed E-state index contributed by atoms with van der Waals surface area (Å²) in [4.78, 5) is 35.2. The maximum atomic E-state index is 13.0. The molecule has 198 valence electrons. The molecule has 5 rings (SSSR count). The lowest BCUT2D eigenvalue weighted by atomic mass is 10.1. The maximum absolute atomic E-state index is 13.0. The van der Waals surface area contributed by atoms with Gasteiger partial charge in [0.25, 0.3) is 5.91 Å². The SMILES string of the molecule is COc1cc2nc(=S)n(CCCC(=O)c3cc4cc(C(=O)N5CCOCC5)ccc4[nH]3)c(N)c2cc1OC. The highest BCUT2D eigenvalue weighted by Crippen LogP contribution is 2.34. The molecule has 3 N–H and O–H groups in total. The van der Waals surface area contributed by atoms with E-state index in [1.54, 1.807) is 48.0 Å². The number of nitrogens with two attached hydrogens (primary N) is 1. The molecule has 1 saturated heterocycles. The zero-order valence-corrected chi connectivity index (χ0v) is 22.1. The van der Waals surface area contributed by atoms with E-state index in [0.717, 1.165) is 10.9 Å². The Morgan fingerprint density at radius 2 is 1.84 bits per heavy atom. The quantitative estimate of drug-likeness (QED) is 0.256. The number of amides is 1. The number of ketones is 1. The monoisotopic (exact) mass is 535 g/mol. The number of nitrogen functional groups attached to an aromatic ring is 1. The van der Waals surface area contributed by atoms with Gasteiger partial charge in [0, 0.05) is 54.0 Å². The number of hydrogen-bond donors (Lipinski definition) is 2. The van der Waals surface area contributed by atoms with Crippen molar-refractivity contribution in [2.45, 2.75) is 19.4 Å². The number of carbonyl (C=O) groups excluding carboxylic acids is 2. The van der Waals surface area contributed by atoms with Gasteiger partial charge in [-0.15, -0.1) is 0 Å². The zero-order chi connectivity index (χ0) is 26.8. The second-order valence-corrected chi connectivity index (χ2v) is 9.44. The maximum Gasteiger partial charge on any atom is 0.254 e. The lowest BCUT2D eigenvalue weighted by Crippen LogP contribution is -2.40. The summed E-state index contributed by atoms with van der Waals surface area (Å²) in [7, 11) is 3.11. The molecule has 3 heterocycles. The van der Waals surface area contributed by atoms with Crippen LogP contribution in [0.25, 0.3) is 21.8 Å². The van der Waals surface area contributed by atoms with Crippen LogP contribution in [0.3, 0.4) is 0 Å². The Morgan fingerprint density at radius 1 is 1.11 bits per heavy atom. The van der Waals surface area contributed by atoms with E-state index in [0.29, 0.717) is 83.5 Å². The Labute approximate surface area is 224 Å². The fraction of sp³-hybridized carbons (Fsp3) is 0.333. The van der Waals surface area contributed by atoms with E-state index in [1.165, 1.54) is 0 Å². The van der Waals surface area contributed by atoms with E-state index in [2.05, 4.69) is 9.97 Å². The van der Waals surface area contributed by atoms with Crippen LogP contribution in [0.4, 0.5) is 5.82 Å². The van der Waals surface area contributed by atoms with E-state index >= 15 is 0 Å². The van der Waals surface area contributed by atoms with Crippen molar-refractivity contribution in [3.63, 3.8) is 0 Å². The number of fused-ring (bicyclic) bond motifs is 2. The molecular weight excluding hydrogens is 506 g/mol. The third kappa shape index (κ3) is 4.94. The number of aromatic nitrogens is 3. The van der Waals surface area contributed by atoms with Gasteiger partial charge in [-0.3, -0.25) is 9.59 Å². The molecule has 10 nitrogen and oxygen atoms in total. The Bertz CT molecular complexity index is 1590. The molecule has 0 spiro atoms. The van der Waals surface area contributed by atoms with Gasteiger partial charge in [0.2, 0.25) is 4.77 Å². The summed E-state index contributed by atoms with van der Waals surface area (Å²) >= 11 is 5.47. The van der Waals surface area contributed by atoms with Crippen LogP contribution in [0.2, 0.25) is 0 Å². The number of H-pyrrole nitrogens is 1. The summed E-state index contributed by atoms with van der Waals surface area (Å²) in [5, 5.41) is 1.52. The van der Waals surface area contributed by atoms with E-state index in [-0.39, 0.29) is 18.1 Å². The molecule has 0 radical (unpaired) electrons. The second-order valence-electron chi connectivity index (χ2n) is 9.07. The van der Waals surface area contributed by atoms with Gasteiger partial charge in [-0.05, 0) is 49.0 Å². The molecule has 0 saturated carbocycles. The van der Waals surface area contributed by atoms with E-state index < -0.39 is 0 Å². The number of ether oxygens (including phenoxy) is 3. The van der Waals surface area contributed by atoms with Gasteiger partial charge in [-0.1, -0.05) is 0 Å². The van der Waals surface area contributed by atoms with Gasteiger partial charge in [0.1, 0.15) is 5.82 Å². The summed E-state index contributed by atoms with van der Waals surface area (Å²) in [6.07, 6.45) is 0.811. The molecule has 0 bridgehead atoms. The minimum absolute atomic E-state index is 0.0290. The number of nitrogens with one attached hydrogen (secondary N) is 1. The first-order valence-corrected chi connectivity index (χ1v) is 12.8. The van der Waals surface area contributed by atoms with E-state index in [9.17, 15) is 9.59 Å². The van der Waals surface area contributed by atoms with Gasteiger partial charge >= 0.3 is 0 Å². The van der Waals surface area contributed by atoms with E-state index in [4.69, 9.17) is 32.2 Å². The van der Waals surface area contributed by atoms with Crippen molar-refractivity contribution in [2.75, 3.05) is 46.3 Å². The normalized spacial score (nSPS) is 13.7. The molecule has 1 aliphatic heterocycles. The van der Waals surface area contributed by atoms with Crippen LogP contribution in [-0.2, 0) is 11.3 Å². The van der Waals surface area contributed by atoms with Crippen molar-refractivity contribution in [3.8, 4) is 11.5 Å². The number of hydrogen-bond acceptors (Lipinski definition) is 8. The smallest absolute Gasteiger partial charge is 0.254 e. The number of Topliss-reactive ketones (excluding diaryl/α,β-unsaturated/α-hetero) is 1. The van der Waals surface area contributed by atoms with Gasteiger partial charge in [0.05, 0.1) is 38.6 Å². The third-order valence-electron chi connectivity index (χ3n) is 6.77. The first-order chi connectivity index (χ1) is 18.4. The number of benzene rings is 2. The Kier molecular flexibility index (Phi) is 7.30. The van der Waals surface area contributed by atoms with Gasteiger partial charge in [-0.2, -0.15) is 0 Å². The first kappa shape index (κ1) is 25.7. The Hall–Kier alpha value is -3.96. The van der Waals surface area contributed by atoms with Crippen molar-refractivity contribution in [1.29, 1.82) is 0 Å². The molecule has 1 aliphatic rings. The van der Waals surface area contributed by atoms with Crippen molar-refractivity contribution in [1.82, 2.24) is 19.4 Å². The van der Waals surface area contributed by atoms with Gasteiger partial charge < -0.3 is 34.4 Å². The highest BCUT2D eigenvalue weighted by atomic mass is 32.1. The number of methoxy groups -OCH3 is 2. The molecule has 4 aromatic rings. The fourth-order valence-electron chi connectivity index (χ4n) is 4.69. The highest BCUT2D eigenvalue weighted by Gasteiger charge is 2.20. The molecule has 0 aliphatic carbocycles. The number of nitrogens with zero attached hydrogens (tertiary/aromatic N) is 3. The van der Waals surface area contributed by atoms with Crippen LogP contribution in [0, 0.1) is 4.77 Å². The summed E-state index contributed by atoms with van der Waals surface area (Å²) in [6, 6.07) is 10.8. The second kappa shape index (κ2) is 10.8. The third-order valence-corrected chi connectivity index (χ3v) is 7.08. The number of rotatable bonds is 8. The summed E-state index contributed by atoms with van der Waals surface area (Å²) in [5.74, 6) is 1.48. The highest BCUT2D eigenvalue weighted by molar-refractivity contribution is 7.71. The molecule has 0 unspecified atom stereocenters. The largest absolute Gasteiger partial charge is 0.493 e. The van der Waals surface area contributed by atoms with Gasteiger partial charge in [0.15, 0.2) is 17.3 Å².